The fraction of sp³-hybridized carbons (Fsp3) is 1.00. The number of phosphoric ester groups is 2. The molecule has 0 bridgehead atoms. The van der Waals surface area contributed by atoms with Crippen molar-refractivity contribution in [1.29, 1.82) is 0 Å². The van der Waals surface area contributed by atoms with Crippen LogP contribution in [0.25, 0.3) is 0 Å². The van der Waals surface area contributed by atoms with E-state index >= 15 is 0 Å². The van der Waals surface area contributed by atoms with Crippen molar-refractivity contribution in [2.75, 3.05) is 39.6 Å². The molecule has 0 fully saturated rings. The summed E-state index contributed by atoms with van der Waals surface area (Å²) in [5.74, 6) is 0.847. The van der Waals surface area contributed by atoms with Crippen molar-refractivity contribution in [3.8, 4) is 0 Å². The van der Waals surface area contributed by atoms with Gasteiger partial charge in [0.25, 0.3) is 0 Å². The highest BCUT2D eigenvalue weighted by atomic mass is 31.2. The van der Waals surface area contributed by atoms with E-state index < -0.39 is 15.6 Å². The SMILES string of the molecule is CC(C)COP(=O)(OCCCCOP(=O)(OCC(C)C)OCC(C)C)OCC(C)C. The van der Waals surface area contributed by atoms with E-state index in [-0.39, 0.29) is 36.9 Å². The van der Waals surface area contributed by atoms with Gasteiger partial charge in [-0.15, -0.1) is 0 Å². The van der Waals surface area contributed by atoms with Crippen LogP contribution in [-0.2, 0) is 36.3 Å². The molecular formula is C20H44O8P2. The molecule has 0 spiro atoms. The first-order valence-corrected chi connectivity index (χ1v) is 13.9. The number of hydrogen-bond donors (Lipinski definition) is 0. The second-order valence-electron chi connectivity index (χ2n) is 9.03. The van der Waals surface area contributed by atoms with Crippen LogP contribution in [0.15, 0.2) is 0 Å². The average molecular weight is 475 g/mol. The molecule has 0 heterocycles. The highest BCUT2D eigenvalue weighted by Crippen LogP contribution is 2.51. The fourth-order valence-corrected chi connectivity index (χ4v) is 4.82. The van der Waals surface area contributed by atoms with Gasteiger partial charge in [-0.05, 0) is 36.5 Å². The molecule has 0 atom stereocenters. The van der Waals surface area contributed by atoms with Gasteiger partial charge in [-0.1, -0.05) is 55.4 Å². The highest BCUT2D eigenvalue weighted by Gasteiger charge is 2.29. The molecule has 0 saturated heterocycles. The van der Waals surface area contributed by atoms with Crippen molar-refractivity contribution in [1.82, 2.24) is 0 Å². The van der Waals surface area contributed by atoms with Crippen LogP contribution in [0, 0.1) is 23.7 Å². The molecule has 0 amide bonds. The van der Waals surface area contributed by atoms with E-state index in [1.54, 1.807) is 0 Å². The maximum Gasteiger partial charge on any atom is 0.474 e. The Morgan fingerprint density at radius 2 is 0.700 bits per heavy atom. The third-order valence-electron chi connectivity index (χ3n) is 3.30. The van der Waals surface area contributed by atoms with Crippen LogP contribution in [0.1, 0.15) is 68.2 Å². The van der Waals surface area contributed by atoms with Gasteiger partial charge < -0.3 is 0 Å². The van der Waals surface area contributed by atoms with Gasteiger partial charge in [0.1, 0.15) is 0 Å². The van der Waals surface area contributed by atoms with Gasteiger partial charge in [-0.25, -0.2) is 9.13 Å². The molecule has 10 heteroatoms. The normalized spacial score (nSPS) is 13.3. The summed E-state index contributed by atoms with van der Waals surface area (Å²) in [5.41, 5.74) is 0. The molecule has 0 unspecified atom stereocenters. The van der Waals surface area contributed by atoms with E-state index in [9.17, 15) is 9.13 Å². The number of unbranched alkanes of at least 4 members (excludes halogenated alkanes) is 1. The molecule has 0 aromatic heterocycles. The number of phosphoric acid groups is 2. The monoisotopic (exact) mass is 474 g/mol. The average Bonchev–Trinajstić information content (AvgIpc) is 2.65. The van der Waals surface area contributed by atoms with Crippen LogP contribution in [0.2, 0.25) is 0 Å². The third kappa shape index (κ3) is 16.9. The highest BCUT2D eigenvalue weighted by molar-refractivity contribution is 7.48. The summed E-state index contributed by atoms with van der Waals surface area (Å²) in [6.07, 6.45) is 1.07. The Morgan fingerprint density at radius 1 is 0.467 bits per heavy atom. The first kappa shape index (κ1) is 30.2. The molecule has 30 heavy (non-hydrogen) atoms. The number of rotatable bonds is 19. The lowest BCUT2D eigenvalue weighted by Gasteiger charge is -2.21. The Morgan fingerprint density at radius 3 is 0.900 bits per heavy atom. The van der Waals surface area contributed by atoms with Crippen LogP contribution >= 0.6 is 15.6 Å². The first-order valence-electron chi connectivity index (χ1n) is 10.9. The Hall–Kier alpha value is 0.220. The molecular weight excluding hydrogens is 430 g/mol. The standard InChI is InChI=1S/C20H44O8P2/c1-17(2)13-25-29(21,26-14-18(3)4)23-11-9-10-12-24-30(22,27-15-19(5)6)28-16-20(7)8/h17-20H,9-16H2,1-8H3. The minimum Gasteiger partial charge on any atom is -0.287 e. The lowest BCUT2D eigenvalue weighted by molar-refractivity contribution is 0.0850. The summed E-state index contributed by atoms with van der Waals surface area (Å²) >= 11 is 0. The summed E-state index contributed by atoms with van der Waals surface area (Å²) in [6, 6.07) is 0. The van der Waals surface area contributed by atoms with Gasteiger partial charge in [0.15, 0.2) is 0 Å². The maximum atomic E-state index is 12.7. The largest absolute Gasteiger partial charge is 0.474 e. The zero-order valence-corrected chi connectivity index (χ0v) is 21.9. The first-order chi connectivity index (χ1) is 13.9. The predicted octanol–water partition coefficient (Wildman–Crippen LogP) is 6.71. The Balaban J connectivity index is 4.44. The number of hydrogen-bond acceptors (Lipinski definition) is 8. The van der Waals surface area contributed by atoms with Crippen LogP contribution in [-0.4, -0.2) is 39.6 Å². The molecule has 0 N–H and O–H groups in total. The Bertz CT molecular complexity index is 445. The van der Waals surface area contributed by atoms with Crippen molar-refractivity contribution in [2.45, 2.75) is 68.2 Å². The van der Waals surface area contributed by atoms with Gasteiger partial charge in [0.05, 0.1) is 39.6 Å². The van der Waals surface area contributed by atoms with E-state index in [0.717, 1.165) is 0 Å². The van der Waals surface area contributed by atoms with E-state index in [1.807, 2.05) is 55.4 Å². The van der Waals surface area contributed by atoms with Gasteiger partial charge in [0.2, 0.25) is 0 Å². The Labute approximate surface area is 183 Å². The summed E-state index contributed by atoms with van der Waals surface area (Å²) in [5, 5.41) is 0. The summed E-state index contributed by atoms with van der Waals surface area (Å²) in [6.45, 7) is 17.2. The minimum absolute atomic E-state index is 0.181. The van der Waals surface area contributed by atoms with Crippen molar-refractivity contribution in [3.05, 3.63) is 0 Å². The maximum absolute atomic E-state index is 12.7. The van der Waals surface area contributed by atoms with Crippen LogP contribution in [0.5, 0.6) is 0 Å². The lowest BCUT2D eigenvalue weighted by Crippen LogP contribution is -2.10. The smallest absolute Gasteiger partial charge is 0.287 e. The summed E-state index contributed by atoms with van der Waals surface area (Å²) in [7, 11) is -7.19. The second-order valence-corrected chi connectivity index (χ2v) is 12.4. The van der Waals surface area contributed by atoms with Gasteiger partial charge in [-0.3, -0.25) is 27.1 Å². The molecule has 8 nitrogen and oxygen atoms in total. The zero-order chi connectivity index (χ0) is 23.2. The van der Waals surface area contributed by atoms with E-state index in [1.165, 1.54) is 0 Å². The molecule has 0 aromatic rings. The predicted molar refractivity (Wildman–Crippen MR) is 120 cm³/mol. The molecule has 182 valence electrons. The van der Waals surface area contributed by atoms with Crippen molar-refractivity contribution >= 4 is 15.6 Å². The van der Waals surface area contributed by atoms with Crippen LogP contribution in [0.4, 0.5) is 0 Å². The quantitative estimate of drug-likeness (QED) is 0.151. The molecule has 0 saturated carbocycles. The van der Waals surface area contributed by atoms with E-state index in [0.29, 0.717) is 39.3 Å². The molecule has 0 rings (SSSR count). The topological polar surface area (TPSA) is 89.5 Å². The van der Waals surface area contributed by atoms with Gasteiger partial charge >= 0.3 is 15.6 Å². The molecule has 0 aliphatic heterocycles. The Kier molecular flexibility index (Phi) is 16.0. The molecule has 0 aliphatic carbocycles. The van der Waals surface area contributed by atoms with Crippen molar-refractivity contribution in [2.24, 2.45) is 23.7 Å². The zero-order valence-electron chi connectivity index (χ0n) is 20.1. The van der Waals surface area contributed by atoms with Crippen LogP contribution in [0.3, 0.4) is 0 Å². The fourth-order valence-electron chi connectivity index (χ4n) is 1.74. The summed E-state index contributed by atoms with van der Waals surface area (Å²) in [4.78, 5) is 0. The van der Waals surface area contributed by atoms with E-state index in [2.05, 4.69) is 0 Å². The second kappa shape index (κ2) is 15.9. The molecule has 0 radical (unpaired) electrons. The summed E-state index contributed by atoms with van der Waals surface area (Å²) < 4.78 is 58.0. The molecule has 0 aliphatic rings. The van der Waals surface area contributed by atoms with E-state index in [4.69, 9.17) is 27.1 Å². The third-order valence-corrected chi connectivity index (χ3v) is 6.16. The van der Waals surface area contributed by atoms with Gasteiger partial charge in [0, 0.05) is 0 Å². The van der Waals surface area contributed by atoms with Crippen molar-refractivity contribution < 1.29 is 36.3 Å². The van der Waals surface area contributed by atoms with Crippen LogP contribution < -0.4 is 0 Å². The lowest BCUT2D eigenvalue weighted by atomic mass is 10.2. The van der Waals surface area contributed by atoms with Gasteiger partial charge in [-0.2, -0.15) is 0 Å². The molecule has 0 aromatic carbocycles. The van der Waals surface area contributed by atoms with Crippen molar-refractivity contribution in [3.63, 3.8) is 0 Å². The minimum atomic E-state index is -3.60.